The molecule has 5 heteroatoms. The zero-order chi connectivity index (χ0) is 15.1. The van der Waals surface area contributed by atoms with E-state index in [4.69, 9.17) is 0 Å². The molecule has 2 heterocycles. The number of rotatable bonds is 4. The van der Waals surface area contributed by atoms with Gasteiger partial charge in [-0.2, -0.15) is 0 Å². The highest BCUT2D eigenvalue weighted by Gasteiger charge is 2.53. The van der Waals surface area contributed by atoms with Gasteiger partial charge in [0.2, 0.25) is 11.8 Å². The van der Waals surface area contributed by atoms with Gasteiger partial charge in [0.05, 0.1) is 0 Å². The molecule has 5 nitrogen and oxygen atoms in total. The van der Waals surface area contributed by atoms with Gasteiger partial charge < -0.3 is 10.2 Å². The summed E-state index contributed by atoms with van der Waals surface area (Å²) in [4.78, 5) is 31.1. The molecule has 0 spiro atoms. The van der Waals surface area contributed by atoms with Crippen molar-refractivity contribution in [2.24, 2.45) is 11.8 Å². The van der Waals surface area contributed by atoms with Crippen LogP contribution in [0.2, 0.25) is 0 Å². The minimum atomic E-state index is -0.242. The number of amides is 2. The fraction of sp³-hybridized carbons (Fsp3) is 0.588. The van der Waals surface area contributed by atoms with Crippen molar-refractivity contribution in [1.82, 2.24) is 15.2 Å². The predicted octanol–water partition coefficient (Wildman–Crippen LogP) is 1.49. The Hall–Kier alpha value is -1.91. The van der Waals surface area contributed by atoms with Crippen LogP contribution in [0.1, 0.15) is 37.7 Å². The molecule has 4 rings (SSSR count). The Morgan fingerprint density at radius 3 is 2.68 bits per heavy atom. The molecule has 3 aliphatic rings. The van der Waals surface area contributed by atoms with Crippen molar-refractivity contribution in [2.45, 2.75) is 50.7 Å². The third-order valence-corrected chi connectivity index (χ3v) is 5.25. The lowest BCUT2D eigenvalue weighted by atomic mass is 9.97. The molecule has 22 heavy (non-hydrogen) atoms. The molecule has 1 aromatic rings. The zero-order valence-electron chi connectivity index (χ0n) is 12.6. The maximum absolute atomic E-state index is 12.6. The maximum Gasteiger partial charge on any atom is 0.243 e. The van der Waals surface area contributed by atoms with Crippen LogP contribution in [0.3, 0.4) is 0 Å². The standard InChI is InChI=1S/C17H21N3O2/c21-16(19-10-11-5-7-18-8-6-11)15-13-3-4-14(9-13)20(15)17(22)12-1-2-12/h5-8,12-15H,1-4,9-10H2,(H,19,21)/t13-,14-,15-/m0/s1. The highest BCUT2D eigenvalue weighted by atomic mass is 16.2. The number of hydrogen-bond donors (Lipinski definition) is 1. The Bertz CT molecular complexity index is 585. The highest BCUT2D eigenvalue weighted by Crippen LogP contribution is 2.45. The van der Waals surface area contributed by atoms with Crippen LogP contribution in [0.4, 0.5) is 0 Å². The van der Waals surface area contributed by atoms with Crippen molar-refractivity contribution < 1.29 is 9.59 Å². The van der Waals surface area contributed by atoms with Gasteiger partial charge in [-0.05, 0) is 55.7 Å². The van der Waals surface area contributed by atoms with Crippen LogP contribution in [0.15, 0.2) is 24.5 Å². The van der Waals surface area contributed by atoms with Crippen LogP contribution in [-0.2, 0) is 16.1 Å². The quantitative estimate of drug-likeness (QED) is 0.916. The van der Waals surface area contributed by atoms with Crippen LogP contribution in [-0.4, -0.2) is 33.8 Å². The topological polar surface area (TPSA) is 62.3 Å². The van der Waals surface area contributed by atoms with E-state index in [-0.39, 0.29) is 23.8 Å². The predicted molar refractivity (Wildman–Crippen MR) is 80.6 cm³/mol. The number of piperidine rings is 1. The average molecular weight is 299 g/mol. The molecule has 3 fully saturated rings. The fourth-order valence-corrected chi connectivity index (χ4v) is 3.98. The summed E-state index contributed by atoms with van der Waals surface area (Å²) in [6.45, 7) is 0.501. The molecule has 2 bridgehead atoms. The second-order valence-corrected chi connectivity index (χ2v) is 6.76. The number of nitrogens with one attached hydrogen (secondary N) is 1. The lowest BCUT2D eigenvalue weighted by Gasteiger charge is -2.34. The van der Waals surface area contributed by atoms with E-state index in [9.17, 15) is 9.59 Å². The van der Waals surface area contributed by atoms with Crippen molar-refractivity contribution in [2.75, 3.05) is 0 Å². The molecule has 1 saturated heterocycles. The lowest BCUT2D eigenvalue weighted by Crippen LogP contribution is -2.53. The van der Waals surface area contributed by atoms with E-state index in [1.165, 1.54) is 0 Å². The Labute approximate surface area is 130 Å². The fourth-order valence-electron chi connectivity index (χ4n) is 3.98. The number of aromatic nitrogens is 1. The van der Waals surface area contributed by atoms with Gasteiger partial charge >= 0.3 is 0 Å². The second-order valence-electron chi connectivity index (χ2n) is 6.76. The molecule has 0 radical (unpaired) electrons. The summed E-state index contributed by atoms with van der Waals surface area (Å²) < 4.78 is 0. The summed E-state index contributed by atoms with van der Waals surface area (Å²) in [7, 11) is 0. The van der Waals surface area contributed by atoms with E-state index in [2.05, 4.69) is 10.3 Å². The molecular weight excluding hydrogens is 278 g/mol. The molecule has 2 saturated carbocycles. The molecule has 1 aromatic heterocycles. The highest BCUT2D eigenvalue weighted by molar-refractivity contribution is 5.90. The van der Waals surface area contributed by atoms with E-state index >= 15 is 0 Å². The van der Waals surface area contributed by atoms with Crippen molar-refractivity contribution in [3.8, 4) is 0 Å². The van der Waals surface area contributed by atoms with Gasteiger partial charge in [0.15, 0.2) is 0 Å². The normalized spacial score (nSPS) is 29.6. The first-order valence-electron chi connectivity index (χ1n) is 8.23. The van der Waals surface area contributed by atoms with Crippen molar-refractivity contribution in [3.63, 3.8) is 0 Å². The number of carbonyl (C=O) groups excluding carboxylic acids is 2. The van der Waals surface area contributed by atoms with E-state index in [0.717, 1.165) is 37.7 Å². The summed E-state index contributed by atoms with van der Waals surface area (Å²) in [5.41, 5.74) is 1.03. The van der Waals surface area contributed by atoms with Gasteiger partial charge in [-0.25, -0.2) is 0 Å². The third kappa shape index (κ3) is 2.38. The third-order valence-electron chi connectivity index (χ3n) is 5.25. The Balaban J connectivity index is 1.45. The number of hydrogen-bond acceptors (Lipinski definition) is 3. The summed E-state index contributed by atoms with van der Waals surface area (Å²) in [5.74, 6) is 0.772. The maximum atomic E-state index is 12.6. The van der Waals surface area contributed by atoms with Crippen molar-refractivity contribution in [1.29, 1.82) is 0 Å². The summed E-state index contributed by atoms with van der Waals surface area (Å²) in [6, 6.07) is 3.85. The van der Waals surface area contributed by atoms with Crippen LogP contribution in [0, 0.1) is 11.8 Å². The molecule has 1 N–H and O–H groups in total. The first kappa shape index (κ1) is 13.7. The summed E-state index contributed by atoms with van der Waals surface area (Å²) >= 11 is 0. The minimum absolute atomic E-state index is 0.0120. The van der Waals surface area contributed by atoms with Crippen molar-refractivity contribution >= 4 is 11.8 Å². The van der Waals surface area contributed by atoms with Gasteiger partial charge in [0, 0.05) is 30.9 Å². The zero-order valence-corrected chi connectivity index (χ0v) is 12.6. The Morgan fingerprint density at radius 2 is 1.95 bits per heavy atom. The SMILES string of the molecule is O=C(NCc1ccncc1)[C@@H]1[C@H]2CC[C@@H](C2)N1C(=O)C1CC1. The van der Waals surface area contributed by atoms with Crippen molar-refractivity contribution in [3.05, 3.63) is 30.1 Å². The van der Waals surface area contributed by atoms with E-state index in [0.29, 0.717) is 18.5 Å². The van der Waals surface area contributed by atoms with E-state index in [1.54, 1.807) is 12.4 Å². The molecule has 2 amide bonds. The van der Waals surface area contributed by atoms with E-state index < -0.39 is 0 Å². The summed E-state index contributed by atoms with van der Waals surface area (Å²) in [5, 5.41) is 3.01. The van der Waals surface area contributed by atoms with Gasteiger partial charge in [0.25, 0.3) is 0 Å². The van der Waals surface area contributed by atoms with Gasteiger partial charge in [-0.3, -0.25) is 14.6 Å². The molecule has 3 atom stereocenters. The molecule has 0 aromatic carbocycles. The number of carbonyl (C=O) groups is 2. The van der Waals surface area contributed by atoms with Crippen LogP contribution in [0.5, 0.6) is 0 Å². The first-order chi connectivity index (χ1) is 10.7. The molecule has 1 aliphatic heterocycles. The molecule has 2 aliphatic carbocycles. The number of nitrogens with zero attached hydrogens (tertiary/aromatic N) is 2. The monoisotopic (exact) mass is 299 g/mol. The van der Waals surface area contributed by atoms with Gasteiger partial charge in [0.1, 0.15) is 6.04 Å². The van der Waals surface area contributed by atoms with Gasteiger partial charge in [-0.1, -0.05) is 0 Å². The van der Waals surface area contributed by atoms with E-state index in [1.807, 2.05) is 17.0 Å². The summed E-state index contributed by atoms with van der Waals surface area (Å²) in [6.07, 6.45) is 8.59. The minimum Gasteiger partial charge on any atom is -0.350 e. The van der Waals surface area contributed by atoms with Crippen LogP contribution >= 0.6 is 0 Å². The molecular formula is C17H21N3O2. The van der Waals surface area contributed by atoms with Crippen LogP contribution < -0.4 is 5.32 Å². The average Bonchev–Trinajstić information content (AvgIpc) is 3.21. The Morgan fingerprint density at radius 1 is 1.18 bits per heavy atom. The Kier molecular flexibility index (Phi) is 3.36. The largest absolute Gasteiger partial charge is 0.350 e. The number of fused-ring (bicyclic) bond motifs is 2. The number of likely N-dealkylation sites (tertiary alicyclic amines) is 1. The van der Waals surface area contributed by atoms with Gasteiger partial charge in [-0.15, -0.1) is 0 Å². The number of pyridine rings is 1. The smallest absolute Gasteiger partial charge is 0.243 e. The molecule has 0 unspecified atom stereocenters. The lowest BCUT2D eigenvalue weighted by molar-refractivity contribution is -0.143. The first-order valence-corrected chi connectivity index (χ1v) is 8.23. The molecule has 116 valence electrons. The second kappa shape index (κ2) is 5.38. The van der Waals surface area contributed by atoms with Crippen LogP contribution in [0.25, 0.3) is 0 Å².